The van der Waals surface area contributed by atoms with Crippen molar-refractivity contribution in [1.29, 1.82) is 0 Å². The molecule has 96 valence electrons. The molecule has 0 spiro atoms. The minimum absolute atomic E-state index is 0.358. The summed E-state index contributed by atoms with van der Waals surface area (Å²) in [6.07, 6.45) is 8.47. The van der Waals surface area contributed by atoms with Crippen LogP contribution in [0, 0.1) is 18.3 Å². The summed E-state index contributed by atoms with van der Waals surface area (Å²) in [5, 5.41) is 9.77. The Morgan fingerprint density at radius 1 is 1.39 bits per heavy atom. The normalized spacial score (nSPS) is 16.1. The maximum absolute atomic E-state index is 9.77. The summed E-state index contributed by atoms with van der Waals surface area (Å²) in [7, 11) is 0. The molecule has 0 aliphatic heterocycles. The molecule has 18 heavy (non-hydrogen) atoms. The van der Waals surface area contributed by atoms with Gasteiger partial charge in [-0.2, -0.15) is 0 Å². The summed E-state index contributed by atoms with van der Waals surface area (Å²) in [5.41, 5.74) is 2.14. The van der Waals surface area contributed by atoms with E-state index in [1.165, 1.54) is 12.8 Å². The molecule has 1 aliphatic carbocycles. The topological polar surface area (TPSA) is 23.5 Å². The lowest BCUT2D eigenvalue weighted by atomic mass is 10.1. The second kappa shape index (κ2) is 5.93. The van der Waals surface area contributed by atoms with Gasteiger partial charge in [-0.1, -0.05) is 25.0 Å². The Morgan fingerprint density at radius 2 is 2.06 bits per heavy atom. The molecule has 1 aromatic carbocycles. The van der Waals surface area contributed by atoms with Crippen molar-refractivity contribution in [2.75, 3.05) is 18.0 Å². The summed E-state index contributed by atoms with van der Waals surface area (Å²) in [5.74, 6) is 3.54. The van der Waals surface area contributed by atoms with Gasteiger partial charge in [0.2, 0.25) is 0 Å². The molecule has 0 bridgehead atoms. The van der Waals surface area contributed by atoms with Gasteiger partial charge in [0, 0.05) is 12.2 Å². The number of hydrogen-bond donors (Lipinski definition) is 1. The van der Waals surface area contributed by atoms with Crippen LogP contribution in [0.15, 0.2) is 24.3 Å². The molecule has 2 nitrogen and oxygen atoms in total. The Kier molecular flexibility index (Phi) is 4.28. The molecular formula is C16H21NO. The summed E-state index contributed by atoms with van der Waals surface area (Å²) in [6.45, 7) is 3.70. The molecular weight excluding hydrogens is 222 g/mol. The van der Waals surface area contributed by atoms with Crippen LogP contribution in [0.4, 0.5) is 5.69 Å². The van der Waals surface area contributed by atoms with Gasteiger partial charge in [0.05, 0.1) is 12.6 Å². The maximum Gasteiger partial charge on any atom is 0.0791 e. The van der Waals surface area contributed by atoms with Gasteiger partial charge in [0.1, 0.15) is 0 Å². The largest absolute Gasteiger partial charge is 0.388 e. The highest BCUT2D eigenvalue weighted by Crippen LogP contribution is 2.31. The van der Waals surface area contributed by atoms with Crippen LogP contribution in [-0.2, 0) is 0 Å². The van der Waals surface area contributed by atoms with Crippen molar-refractivity contribution in [2.24, 2.45) is 5.92 Å². The number of aliphatic hydroxyl groups excluding tert-OH is 1. The molecule has 1 aliphatic rings. The summed E-state index contributed by atoms with van der Waals surface area (Å²) >= 11 is 0. The van der Waals surface area contributed by atoms with Gasteiger partial charge in [-0.3, -0.25) is 0 Å². The maximum atomic E-state index is 9.77. The van der Waals surface area contributed by atoms with Gasteiger partial charge >= 0.3 is 0 Å². The second-order valence-corrected chi connectivity index (χ2v) is 5.04. The molecule has 0 amide bonds. The number of nitrogens with zero attached hydrogens (tertiary/aromatic N) is 1. The Bertz CT molecular complexity index is 414. The first-order chi connectivity index (χ1) is 8.74. The van der Waals surface area contributed by atoms with E-state index in [1.54, 1.807) is 0 Å². The van der Waals surface area contributed by atoms with Crippen LogP contribution < -0.4 is 4.90 Å². The van der Waals surface area contributed by atoms with Crippen LogP contribution in [0.1, 0.15) is 37.9 Å². The van der Waals surface area contributed by atoms with Crippen LogP contribution in [0.3, 0.4) is 0 Å². The quantitative estimate of drug-likeness (QED) is 0.776. The molecule has 1 saturated carbocycles. The number of rotatable bonds is 6. The number of benzene rings is 1. The van der Waals surface area contributed by atoms with Crippen molar-refractivity contribution in [1.82, 2.24) is 0 Å². The highest BCUT2D eigenvalue weighted by Gasteiger charge is 2.24. The van der Waals surface area contributed by atoms with E-state index < -0.39 is 0 Å². The van der Waals surface area contributed by atoms with Crippen LogP contribution in [0.2, 0.25) is 0 Å². The van der Waals surface area contributed by atoms with E-state index in [2.05, 4.69) is 23.0 Å². The molecule has 0 aromatic heterocycles. The lowest BCUT2D eigenvalue weighted by Gasteiger charge is -2.23. The van der Waals surface area contributed by atoms with Crippen molar-refractivity contribution in [3.63, 3.8) is 0 Å². The van der Waals surface area contributed by atoms with Crippen LogP contribution in [0.5, 0.6) is 0 Å². The van der Waals surface area contributed by atoms with E-state index >= 15 is 0 Å². The van der Waals surface area contributed by atoms with E-state index in [9.17, 15) is 5.11 Å². The van der Waals surface area contributed by atoms with Crippen molar-refractivity contribution < 1.29 is 5.11 Å². The average Bonchev–Trinajstić information content (AvgIpc) is 3.21. The Balaban J connectivity index is 2.07. The molecule has 2 rings (SSSR count). The molecule has 1 aromatic rings. The highest BCUT2D eigenvalue weighted by atomic mass is 16.3. The van der Waals surface area contributed by atoms with E-state index in [1.807, 2.05) is 19.1 Å². The van der Waals surface area contributed by atoms with Crippen molar-refractivity contribution in [3.05, 3.63) is 29.8 Å². The molecule has 0 saturated heterocycles. The zero-order valence-electron chi connectivity index (χ0n) is 11.0. The molecule has 1 atom stereocenters. The lowest BCUT2D eigenvalue weighted by Crippen LogP contribution is -2.25. The lowest BCUT2D eigenvalue weighted by molar-refractivity contribution is 0.173. The van der Waals surface area contributed by atoms with E-state index in [4.69, 9.17) is 6.42 Å². The minimum atomic E-state index is -0.358. The minimum Gasteiger partial charge on any atom is -0.388 e. The Hall–Kier alpha value is -1.46. The fourth-order valence-electron chi connectivity index (χ4n) is 2.13. The predicted octanol–water partition coefficient (Wildman–Crippen LogP) is 2.98. The fourth-order valence-corrected chi connectivity index (χ4v) is 2.13. The SMILES string of the molecule is C#CCN(CC1CC1)c1ccc([C@H](O)CC)cc1. The molecule has 1 fully saturated rings. The number of anilines is 1. The monoisotopic (exact) mass is 243 g/mol. The second-order valence-electron chi connectivity index (χ2n) is 5.04. The van der Waals surface area contributed by atoms with Gasteiger partial charge in [0.15, 0.2) is 0 Å². The van der Waals surface area contributed by atoms with Crippen molar-refractivity contribution in [2.45, 2.75) is 32.3 Å². The Morgan fingerprint density at radius 3 is 2.56 bits per heavy atom. The van der Waals surface area contributed by atoms with Gasteiger partial charge in [-0.05, 0) is 42.9 Å². The zero-order chi connectivity index (χ0) is 13.0. The number of aliphatic hydroxyl groups is 1. The average molecular weight is 243 g/mol. The smallest absolute Gasteiger partial charge is 0.0791 e. The van der Waals surface area contributed by atoms with Gasteiger partial charge < -0.3 is 10.0 Å². The van der Waals surface area contributed by atoms with Crippen LogP contribution >= 0.6 is 0 Å². The molecule has 0 radical (unpaired) electrons. The third-order valence-electron chi connectivity index (χ3n) is 3.49. The van der Waals surface area contributed by atoms with Crippen molar-refractivity contribution in [3.8, 4) is 12.3 Å². The van der Waals surface area contributed by atoms with E-state index in [-0.39, 0.29) is 6.10 Å². The van der Waals surface area contributed by atoms with E-state index in [0.717, 1.165) is 30.1 Å². The first-order valence-corrected chi connectivity index (χ1v) is 6.71. The Labute approximate surface area is 110 Å². The van der Waals surface area contributed by atoms with Crippen LogP contribution in [0.25, 0.3) is 0 Å². The predicted molar refractivity (Wildman–Crippen MR) is 75.5 cm³/mol. The first kappa shape index (κ1) is 13.0. The van der Waals surface area contributed by atoms with Crippen LogP contribution in [-0.4, -0.2) is 18.2 Å². The van der Waals surface area contributed by atoms with Crippen molar-refractivity contribution >= 4 is 5.69 Å². The molecule has 0 unspecified atom stereocenters. The third-order valence-corrected chi connectivity index (χ3v) is 3.49. The standard InChI is InChI=1S/C16H21NO/c1-3-11-17(12-13-5-6-13)15-9-7-14(8-10-15)16(18)4-2/h1,7-10,13,16,18H,4-6,11-12H2,2H3/t16-/m1/s1. The van der Waals surface area contributed by atoms with Gasteiger partial charge in [-0.25, -0.2) is 0 Å². The summed E-state index contributed by atoms with van der Waals surface area (Å²) < 4.78 is 0. The zero-order valence-corrected chi connectivity index (χ0v) is 11.0. The van der Waals surface area contributed by atoms with Gasteiger partial charge in [0.25, 0.3) is 0 Å². The fraction of sp³-hybridized carbons (Fsp3) is 0.500. The summed E-state index contributed by atoms with van der Waals surface area (Å²) in [6, 6.07) is 8.13. The molecule has 0 heterocycles. The summed E-state index contributed by atoms with van der Waals surface area (Å²) in [4.78, 5) is 2.25. The van der Waals surface area contributed by atoms with E-state index in [0.29, 0.717) is 6.54 Å². The highest BCUT2D eigenvalue weighted by molar-refractivity contribution is 5.49. The third kappa shape index (κ3) is 3.27. The molecule has 2 heteroatoms. The first-order valence-electron chi connectivity index (χ1n) is 6.71. The molecule has 1 N–H and O–H groups in total. The number of hydrogen-bond acceptors (Lipinski definition) is 2. The van der Waals surface area contributed by atoms with Gasteiger partial charge in [-0.15, -0.1) is 6.42 Å². The number of terminal acetylenes is 1.